The van der Waals surface area contributed by atoms with E-state index in [0.29, 0.717) is 10.6 Å². The minimum atomic E-state index is 0.597. The summed E-state index contributed by atoms with van der Waals surface area (Å²) in [6, 6.07) is 1.93. The van der Waals surface area contributed by atoms with Gasteiger partial charge in [-0.3, -0.25) is 0 Å². The van der Waals surface area contributed by atoms with E-state index in [4.69, 9.17) is 12.2 Å². The molecule has 3 nitrogen and oxygen atoms in total. The molecular weight excluding hydrogens is 286 g/mol. The Bertz CT molecular complexity index is 631. The van der Waals surface area contributed by atoms with Crippen LogP contribution in [0.3, 0.4) is 0 Å². The number of hydrogen-bond donors (Lipinski definition) is 0. The van der Waals surface area contributed by atoms with Crippen LogP contribution in [0, 0.1) is 4.64 Å². The monoisotopic (exact) mass is 295 g/mol. The summed E-state index contributed by atoms with van der Waals surface area (Å²) in [5.41, 5.74) is 1.06. The SMILES string of the molecule is Cn1c(C2CC2)nc(=S)c2cc(Br)ncc21. The number of aromatic nitrogens is 3. The number of halogens is 1. The molecule has 0 radical (unpaired) electrons. The Balaban J connectivity index is 2.39. The predicted octanol–water partition coefficient (Wildman–Crippen LogP) is 3.34. The molecule has 1 saturated carbocycles. The largest absolute Gasteiger partial charge is 0.331 e. The molecular formula is C11H10BrN3S. The maximum Gasteiger partial charge on any atom is 0.137 e. The highest BCUT2D eigenvalue weighted by molar-refractivity contribution is 9.10. The summed E-state index contributed by atoms with van der Waals surface area (Å²) in [6.45, 7) is 0. The maximum absolute atomic E-state index is 5.33. The Morgan fingerprint density at radius 1 is 1.50 bits per heavy atom. The highest BCUT2D eigenvalue weighted by Gasteiger charge is 2.27. The molecule has 2 heterocycles. The van der Waals surface area contributed by atoms with E-state index in [1.165, 1.54) is 12.8 Å². The van der Waals surface area contributed by atoms with Crippen molar-refractivity contribution < 1.29 is 0 Å². The average molecular weight is 296 g/mol. The zero-order valence-corrected chi connectivity index (χ0v) is 11.2. The Hall–Kier alpha value is -0.810. The highest BCUT2D eigenvalue weighted by Crippen LogP contribution is 2.39. The van der Waals surface area contributed by atoms with Crippen molar-refractivity contribution in [3.63, 3.8) is 0 Å². The molecule has 2 aromatic rings. The lowest BCUT2D eigenvalue weighted by molar-refractivity contribution is 0.783. The van der Waals surface area contributed by atoms with Gasteiger partial charge < -0.3 is 4.57 Å². The molecule has 1 aliphatic rings. The molecule has 0 atom stereocenters. The number of nitrogens with zero attached hydrogens (tertiary/aromatic N) is 3. The molecule has 0 aromatic carbocycles. The van der Waals surface area contributed by atoms with Gasteiger partial charge in [0.1, 0.15) is 15.1 Å². The van der Waals surface area contributed by atoms with Crippen LogP contribution in [0.15, 0.2) is 16.9 Å². The first kappa shape index (κ1) is 10.4. The second-order valence-electron chi connectivity index (χ2n) is 4.13. The molecule has 16 heavy (non-hydrogen) atoms. The Morgan fingerprint density at radius 2 is 2.25 bits per heavy atom. The van der Waals surface area contributed by atoms with E-state index in [2.05, 4.69) is 30.5 Å². The van der Waals surface area contributed by atoms with Gasteiger partial charge in [0.2, 0.25) is 0 Å². The van der Waals surface area contributed by atoms with Gasteiger partial charge in [0.25, 0.3) is 0 Å². The van der Waals surface area contributed by atoms with Gasteiger partial charge in [0.05, 0.1) is 11.7 Å². The second kappa shape index (κ2) is 3.60. The molecule has 82 valence electrons. The molecule has 5 heteroatoms. The third-order valence-electron chi connectivity index (χ3n) is 2.94. The number of aryl methyl sites for hydroxylation is 1. The van der Waals surface area contributed by atoms with Crippen LogP contribution >= 0.6 is 28.1 Å². The first-order valence-electron chi connectivity index (χ1n) is 5.19. The lowest BCUT2D eigenvalue weighted by Gasteiger charge is -2.10. The standard InChI is InChI=1S/C11H10BrN3S/c1-15-8-5-13-9(12)4-7(8)11(16)14-10(15)6-2-3-6/h4-6H,2-3H2,1H3. The summed E-state index contributed by atoms with van der Waals surface area (Å²) in [5, 5.41) is 0.990. The zero-order valence-electron chi connectivity index (χ0n) is 8.77. The molecule has 0 spiro atoms. The highest BCUT2D eigenvalue weighted by atomic mass is 79.9. The fraction of sp³-hybridized carbons (Fsp3) is 0.364. The van der Waals surface area contributed by atoms with Crippen molar-refractivity contribution in [1.29, 1.82) is 0 Å². The lowest BCUT2D eigenvalue weighted by Crippen LogP contribution is -2.05. The van der Waals surface area contributed by atoms with Crippen LogP contribution in [0.5, 0.6) is 0 Å². The molecule has 1 aliphatic carbocycles. The molecule has 3 rings (SSSR count). The van der Waals surface area contributed by atoms with E-state index in [0.717, 1.165) is 21.3 Å². The van der Waals surface area contributed by atoms with E-state index in [9.17, 15) is 0 Å². The van der Waals surface area contributed by atoms with Crippen molar-refractivity contribution in [1.82, 2.24) is 14.5 Å². The molecule has 0 unspecified atom stereocenters. The van der Waals surface area contributed by atoms with Crippen molar-refractivity contribution in [2.45, 2.75) is 18.8 Å². The van der Waals surface area contributed by atoms with Gasteiger partial charge in [-0.05, 0) is 34.8 Å². The fourth-order valence-electron chi connectivity index (χ4n) is 1.93. The number of fused-ring (bicyclic) bond motifs is 1. The van der Waals surface area contributed by atoms with E-state index in [1.807, 2.05) is 19.3 Å². The van der Waals surface area contributed by atoms with Crippen molar-refractivity contribution in [3.05, 3.63) is 27.3 Å². The number of rotatable bonds is 1. The van der Waals surface area contributed by atoms with Crippen LogP contribution in [0.1, 0.15) is 24.6 Å². The Kier molecular flexibility index (Phi) is 2.33. The topological polar surface area (TPSA) is 30.7 Å². The Labute approximate surface area is 107 Å². The Morgan fingerprint density at radius 3 is 2.94 bits per heavy atom. The molecule has 0 bridgehead atoms. The summed E-state index contributed by atoms with van der Waals surface area (Å²) in [4.78, 5) is 8.79. The summed E-state index contributed by atoms with van der Waals surface area (Å²) < 4.78 is 3.59. The van der Waals surface area contributed by atoms with Crippen molar-refractivity contribution in [3.8, 4) is 0 Å². The first-order chi connectivity index (χ1) is 7.66. The quantitative estimate of drug-likeness (QED) is 0.597. The maximum atomic E-state index is 5.33. The summed E-state index contributed by atoms with van der Waals surface area (Å²) in [6.07, 6.45) is 4.30. The van der Waals surface area contributed by atoms with Gasteiger partial charge in [-0.15, -0.1) is 0 Å². The molecule has 0 N–H and O–H groups in total. The minimum Gasteiger partial charge on any atom is -0.331 e. The van der Waals surface area contributed by atoms with Crippen molar-refractivity contribution >= 4 is 39.1 Å². The van der Waals surface area contributed by atoms with E-state index in [1.54, 1.807) is 0 Å². The van der Waals surface area contributed by atoms with Gasteiger partial charge in [-0.2, -0.15) is 0 Å². The lowest BCUT2D eigenvalue weighted by atomic mass is 10.3. The van der Waals surface area contributed by atoms with Crippen molar-refractivity contribution in [2.75, 3.05) is 0 Å². The van der Waals surface area contributed by atoms with Crippen LogP contribution < -0.4 is 0 Å². The zero-order chi connectivity index (χ0) is 11.3. The second-order valence-corrected chi connectivity index (χ2v) is 5.33. The van der Waals surface area contributed by atoms with Crippen molar-refractivity contribution in [2.24, 2.45) is 7.05 Å². The van der Waals surface area contributed by atoms with E-state index < -0.39 is 0 Å². The van der Waals surface area contributed by atoms with Crippen LogP contribution in [-0.2, 0) is 7.05 Å². The van der Waals surface area contributed by atoms with Crippen LogP contribution in [0.25, 0.3) is 10.9 Å². The average Bonchev–Trinajstić information content (AvgIpc) is 3.07. The molecule has 0 saturated heterocycles. The van der Waals surface area contributed by atoms with Gasteiger partial charge in [0.15, 0.2) is 0 Å². The molecule has 2 aromatic heterocycles. The summed E-state index contributed by atoms with van der Waals surface area (Å²) in [7, 11) is 2.04. The molecule has 0 amide bonds. The summed E-state index contributed by atoms with van der Waals surface area (Å²) >= 11 is 8.69. The normalized spacial score (nSPS) is 15.6. The van der Waals surface area contributed by atoms with Crippen LogP contribution in [0.4, 0.5) is 0 Å². The molecule has 1 fully saturated rings. The minimum absolute atomic E-state index is 0.597. The smallest absolute Gasteiger partial charge is 0.137 e. The number of hydrogen-bond acceptors (Lipinski definition) is 3. The third kappa shape index (κ3) is 1.58. The van der Waals surface area contributed by atoms with Gasteiger partial charge in [-0.25, -0.2) is 9.97 Å². The fourth-order valence-corrected chi connectivity index (χ4v) is 2.52. The van der Waals surface area contributed by atoms with Gasteiger partial charge in [-0.1, -0.05) is 12.2 Å². The molecule has 0 aliphatic heterocycles. The number of pyridine rings is 1. The van der Waals surface area contributed by atoms with Gasteiger partial charge in [0, 0.05) is 18.4 Å². The van der Waals surface area contributed by atoms with Crippen LogP contribution in [0.2, 0.25) is 0 Å². The van der Waals surface area contributed by atoms with E-state index in [-0.39, 0.29) is 0 Å². The first-order valence-corrected chi connectivity index (χ1v) is 6.39. The third-order valence-corrected chi connectivity index (χ3v) is 3.69. The summed E-state index contributed by atoms with van der Waals surface area (Å²) in [5.74, 6) is 1.70. The predicted molar refractivity (Wildman–Crippen MR) is 69.0 cm³/mol. The van der Waals surface area contributed by atoms with Gasteiger partial charge >= 0.3 is 0 Å². The van der Waals surface area contributed by atoms with E-state index >= 15 is 0 Å². The van der Waals surface area contributed by atoms with Crippen LogP contribution in [-0.4, -0.2) is 14.5 Å².